The van der Waals surface area contributed by atoms with Crippen LogP contribution in [0.4, 0.5) is 17.6 Å². The van der Waals surface area contributed by atoms with E-state index >= 15 is 0 Å². The van der Waals surface area contributed by atoms with Crippen LogP contribution >= 0.6 is 0 Å². The van der Waals surface area contributed by atoms with Gasteiger partial charge in [0.15, 0.2) is 17.4 Å². The summed E-state index contributed by atoms with van der Waals surface area (Å²) in [5.41, 5.74) is 0.302. The summed E-state index contributed by atoms with van der Waals surface area (Å²) >= 11 is 0. The molecule has 1 nitrogen and oxygen atoms in total. The van der Waals surface area contributed by atoms with Gasteiger partial charge in [0.1, 0.15) is 0 Å². The van der Waals surface area contributed by atoms with Gasteiger partial charge in [-0.25, -0.2) is 8.78 Å². The van der Waals surface area contributed by atoms with Gasteiger partial charge in [-0.05, 0) is 24.6 Å². The normalized spacial score (nSPS) is 9.60. The number of benzene rings is 1. The Labute approximate surface area is 85.7 Å². The lowest BCUT2D eigenvalue weighted by Crippen LogP contribution is -2.05. The van der Waals surface area contributed by atoms with Crippen molar-refractivity contribution in [3.05, 3.63) is 29.3 Å². The van der Waals surface area contributed by atoms with Gasteiger partial charge in [0.2, 0.25) is 0 Å². The second-order valence-electron chi connectivity index (χ2n) is 2.44. The quantitative estimate of drug-likeness (QED) is 0.692. The molecule has 0 atom stereocenters. The third kappa shape index (κ3) is 4.18. The van der Waals surface area contributed by atoms with Gasteiger partial charge in [0.05, 0.1) is 0 Å². The molecule has 1 rings (SSSR count). The van der Waals surface area contributed by atoms with Crippen molar-refractivity contribution >= 4 is 0 Å². The molecular weight excluding hydrogens is 212 g/mol. The number of rotatable bonds is 2. The van der Waals surface area contributed by atoms with Crippen LogP contribution in [0.3, 0.4) is 0 Å². The predicted molar refractivity (Wildman–Crippen MR) is 49.1 cm³/mol. The van der Waals surface area contributed by atoms with Crippen LogP contribution in [0.15, 0.2) is 12.1 Å². The lowest BCUT2D eigenvalue weighted by Gasteiger charge is -2.06. The van der Waals surface area contributed by atoms with E-state index in [4.69, 9.17) is 0 Å². The van der Waals surface area contributed by atoms with Gasteiger partial charge >= 0.3 is 6.61 Å². The SMILES string of the molecule is CC.Cc1cc(F)c(OC(F)F)c(F)c1. The van der Waals surface area contributed by atoms with Crippen LogP contribution in [0.25, 0.3) is 0 Å². The molecule has 1 aromatic carbocycles. The first-order valence-corrected chi connectivity index (χ1v) is 4.41. The molecule has 15 heavy (non-hydrogen) atoms. The maximum atomic E-state index is 12.8. The maximum absolute atomic E-state index is 12.8. The van der Waals surface area contributed by atoms with Crippen LogP contribution in [-0.4, -0.2) is 6.61 Å². The Kier molecular flexibility index (Phi) is 5.74. The van der Waals surface area contributed by atoms with E-state index in [1.54, 1.807) is 0 Å². The van der Waals surface area contributed by atoms with E-state index in [0.717, 1.165) is 12.1 Å². The van der Waals surface area contributed by atoms with Crippen LogP contribution in [0.1, 0.15) is 19.4 Å². The average molecular weight is 224 g/mol. The molecule has 0 unspecified atom stereocenters. The lowest BCUT2D eigenvalue weighted by atomic mass is 10.2. The van der Waals surface area contributed by atoms with E-state index in [-0.39, 0.29) is 0 Å². The molecule has 5 heteroatoms. The fourth-order valence-corrected chi connectivity index (χ4v) is 0.888. The van der Waals surface area contributed by atoms with Crippen molar-refractivity contribution in [2.24, 2.45) is 0 Å². The van der Waals surface area contributed by atoms with Crippen LogP contribution in [0, 0.1) is 18.6 Å². The minimum Gasteiger partial charge on any atom is -0.429 e. The molecule has 1 aromatic rings. The summed E-state index contributed by atoms with van der Waals surface area (Å²) in [6, 6.07) is 1.83. The van der Waals surface area contributed by atoms with Crippen molar-refractivity contribution in [2.45, 2.75) is 27.4 Å². The van der Waals surface area contributed by atoms with Crippen molar-refractivity contribution in [2.75, 3.05) is 0 Å². The molecule has 0 radical (unpaired) electrons. The summed E-state index contributed by atoms with van der Waals surface area (Å²) in [5, 5.41) is 0. The average Bonchev–Trinajstić information content (AvgIpc) is 2.14. The van der Waals surface area contributed by atoms with Gasteiger partial charge < -0.3 is 4.74 Å². The first-order chi connectivity index (χ1) is 7.00. The number of aryl methyl sites for hydroxylation is 1. The van der Waals surface area contributed by atoms with Crippen molar-refractivity contribution < 1.29 is 22.3 Å². The Morgan fingerprint density at radius 2 is 1.47 bits per heavy atom. The maximum Gasteiger partial charge on any atom is 0.387 e. The van der Waals surface area contributed by atoms with E-state index in [0.29, 0.717) is 5.56 Å². The van der Waals surface area contributed by atoms with Crippen molar-refractivity contribution in [1.82, 2.24) is 0 Å². The molecule has 0 aliphatic heterocycles. The summed E-state index contributed by atoms with van der Waals surface area (Å²) in [4.78, 5) is 0. The molecule has 0 aliphatic carbocycles. The summed E-state index contributed by atoms with van der Waals surface area (Å²) in [7, 11) is 0. The van der Waals surface area contributed by atoms with Crippen molar-refractivity contribution in [1.29, 1.82) is 0 Å². The number of ether oxygens (including phenoxy) is 1. The molecular formula is C10H12F4O. The Hall–Kier alpha value is -1.26. The molecule has 0 saturated heterocycles. The highest BCUT2D eigenvalue weighted by molar-refractivity contribution is 5.30. The van der Waals surface area contributed by atoms with Gasteiger partial charge in [-0.15, -0.1) is 0 Å². The van der Waals surface area contributed by atoms with Crippen molar-refractivity contribution in [3.8, 4) is 5.75 Å². The molecule has 0 aliphatic rings. The molecule has 0 saturated carbocycles. The Morgan fingerprint density at radius 1 is 1.07 bits per heavy atom. The number of alkyl halides is 2. The molecule has 0 spiro atoms. The van der Waals surface area contributed by atoms with Gasteiger partial charge in [-0.2, -0.15) is 8.78 Å². The third-order valence-corrected chi connectivity index (χ3v) is 1.35. The standard InChI is InChI=1S/C8H6F4O.C2H6/c1-4-2-5(9)7(6(10)3-4)13-8(11)12;1-2/h2-3,8H,1H3;1-2H3. The van der Waals surface area contributed by atoms with Gasteiger partial charge in [0.25, 0.3) is 0 Å². The minimum absolute atomic E-state index is 0.302. The zero-order chi connectivity index (χ0) is 12.0. The van der Waals surface area contributed by atoms with E-state index < -0.39 is 24.0 Å². The molecule has 0 N–H and O–H groups in total. The molecule has 0 aromatic heterocycles. The molecule has 0 bridgehead atoms. The van der Waals surface area contributed by atoms with Crippen LogP contribution in [0.5, 0.6) is 5.75 Å². The smallest absolute Gasteiger partial charge is 0.387 e. The number of hydrogen-bond donors (Lipinski definition) is 0. The largest absolute Gasteiger partial charge is 0.429 e. The van der Waals surface area contributed by atoms with Gasteiger partial charge in [0, 0.05) is 0 Å². The van der Waals surface area contributed by atoms with Gasteiger partial charge in [-0.1, -0.05) is 13.8 Å². The highest BCUT2D eigenvalue weighted by Gasteiger charge is 2.15. The third-order valence-electron chi connectivity index (χ3n) is 1.35. The highest BCUT2D eigenvalue weighted by Crippen LogP contribution is 2.24. The minimum atomic E-state index is -3.23. The highest BCUT2D eigenvalue weighted by atomic mass is 19.3. The summed E-state index contributed by atoms with van der Waals surface area (Å²) < 4.78 is 52.4. The number of hydrogen-bond acceptors (Lipinski definition) is 1. The monoisotopic (exact) mass is 224 g/mol. The number of halogens is 4. The molecule has 0 amide bonds. The molecule has 0 fully saturated rings. The Balaban J connectivity index is 0.000000921. The zero-order valence-corrected chi connectivity index (χ0v) is 8.65. The molecule has 86 valence electrons. The first kappa shape index (κ1) is 13.7. The summed E-state index contributed by atoms with van der Waals surface area (Å²) in [6.07, 6.45) is 0. The zero-order valence-electron chi connectivity index (χ0n) is 8.65. The fraction of sp³-hybridized carbons (Fsp3) is 0.400. The predicted octanol–water partition coefficient (Wildman–Crippen LogP) is 3.90. The van der Waals surface area contributed by atoms with Crippen LogP contribution in [0.2, 0.25) is 0 Å². The summed E-state index contributed by atoms with van der Waals surface area (Å²) in [5.74, 6) is -3.30. The van der Waals surface area contributed by atoms with Gasteiger partial charge in [-0.3, -0.25) is 0 Å². The Morgan fingerprint density at radius 3 is 1.80 bits per heavy atom. The van der Waals surface area contributed by atoms with E-state index in [2.05, 4.69) is 4.74 Å². The first-order valence-electron chi connectivity index (χ1n) is 4.41. The van der Waals surface area contributed by atoms with E-state index in [1.807, 2.05) is 13.8 Å². The second kappa shape index (κ2) is 6.27. The van der Waals surface area contributed by atoms with Crippen LogP contribution < -0.4 is 4.74 Å². The summed E-state index contributed by atoms with van der Waals surface area (Å²) in [6.45, 7) is 2.21. The Bertz CT molecular complexity index is 289. The topological polar surface area (TPSA) is 9.23 Å². The molecule has 0 heterocycles. The van der Waals surface area contributed by atoms with E-state index in [1.165, 1.54) is 6.92 Å². The second-order valence-corrected chi connectivity index (χ2v) is 2.44. The lowest BCUT2D eigenvalue weighted by molar-refractivity contribution is -0.0546. The van der Waals surface area contributed by atoms with Crippen LogP contribution in [-0.2, 0) is 0 Å². The van der Waals surface area contributed by atoms with Crippen molar-refractivity contribution in [3.63, 3.8) is 0 Å². The van der Waals surface area contributed by atoms with E-state index in [9.17, 15) is 17.6 Å². The fourth-order valence-electron chi connectivity index (χ4n) is 0.888.